The Morgan fingerprint density at radius 1 is 1.24 bits per heavy atom. The normalized spacial score (nSPS) is 25.2. The molecule has 4 nitrogen and oxygen atoms in total. The Hall–Kier alpha value is -1.58. The lowest BCUT2D eigenvalue weighted by atomic mass is 10.0. The number of carbonyl (C=O) groups is 1. The molecule has 0 amide bonds. The monoisotopic (exact) mass is 288 g/mol. The molecule has 114 valence electrons. The van der Waals surface area contributed by atoms with Gasteiger partial charge in [0, 0.05) is 11.7 Å². The van der Waals surface area contributed by atoms with Crippen LogP contribution in [0, 0.1) is 5.92 Å². The maximum Gasteiger partial charge on any atom is 0.339 e. The average molecular weight is 288 g/mol. The third-order valence-electron chi connectivity index (χ3n) is 4.88. The fraction of sp³-hybridized carbons (Fsp3) is 0.647. The van der Waals surface area contributed by atoms with Crippen molar-refractivity contribution in [3.05, 3.63) is 22.9 Å². The number of hydrogen-bond acceptors (Lipinski definition) is 3. The maximum atomic E-state index is 11.5. The van der Waals surface area contributed by atoms with Crippen molar-refractivity contribution in [1.29, 1.82) is 0 Å². The highest BCUT2D eigenvalue weighted by Crippen LogP contribution is 2.29. The predicted octanol–water partition coefficient (Wildman–Crippen LogP) is 3.65. The first-order valence-corrected chi connectivity index (χ1v) is 8.16. The molecule has 2 aliphatic carbocycles. The zero-order valence-electron chi connectivity index (χ0n) is 12.7. The number of nitrogens with one attached hydrogen (secondary N) is 1. The van der Waals surface area contributed by atoms with Crippen LogP contribution in [0.3, 0.4) is 0 Å². The largest absolute Gasteiger partial charge is 0.478 e. The second-order valence-electron chi connectivity index (χ2n) is 6.60. The molecule has 1 fully saturated rings. The first-order valence-electron chi connectivity index (χ1n) is 8.16. The Kier molecular flexibility index (Phi) is 4.13. The van der Waals surface area contributed by atoms with Crippen LogP contribution in [0.2, 0.25) is 0 Å². The minimum atomic E-state index is -0.873. The molecule has 0 bridgehead atoms. The molecule has 1 aromatic heterocycles. The summed E-state index contributed by atoms with van der Waals surface area (Å²) in [5.41, 5.74) is 2.55. The molecule has 1 heterocycles. The van der Waals surface area contributed by atoms with E-state index < -0.39 is 5.97 Å². The molecule has 2 atom stereocenters. The van der Waals surface area contributed by atoms with E-state index in [9.17, 15) is 9.90 Å². The van der Waals surface area contributed by atoms with Gasteiger partial charge in [-0.3, -0.25) is 0 Å². The molecule has 2 aliphatic rings. The standard InChI is InChI=1S/C17H24N2O2/c1-11-4-2-6-13(9-8-11)18-16-14(17(20)21)10-12-5-3-7-15(12)19-16/h10-11,13H,2-9H2,1H3,(H,18,19)(H,20,21). The Bertz CT molecular complexity index is 542. The molecule has 2 unspecified atom stereocenters. The molecular formula is C17H24N2O2. The molecule has 0 saturated heterocycles. The van der Waals surface area contributed by atoms with Gasteiger partial charge in [-0.25, -0.2) is 9.78 Å². The van der Waals surface area contributed by atoms with E-state index in [1.54, 1.807) is 0 Å². The van der Waals surface area contributed by atoms with Crippen molar-refractivity contribution >= 4 is 11.8 Å². The van der Waals surface area contributed by atoms with E-state index in [0.29, 0.717) is 17.4 Å². The Morgan fingerprint density at radius 3 is 2.90 bits per heavy atom. The van der Waals surface area contributed by atoms with Crippen molar-refractivity contribution in [3.8, 4) is 0 Å². The fourth-order valence-electron chi connectivity index (χ4n) is 3.57. The number of pyridine rings is 1. The minimum Gasteiger partial charge on any atom is -0.478 e. The third-order valence-corrected chi connectivity index (χ3v) is 4.88. The van der Waals surface area contributed by atoms with Gasteiger partial charge < -0.3 is 10.4 Å². The Labute approximate surface area is 126 Å². The number of hydrogen-bond donors (Lipinski definition) is 2. The number of rotatable bonds is 3. The third kappa shape index (κ3) is 3.20. The zero-order chi connectivity index (χ0) is 14.8. The quantitative estimate of drug-likeness (QED) is 0.833. The van der Waals surface area contributed by atoms with Crippen LogP contribution in [0.5, 0.6) is 0 Å². The van der Waals surface area contributed by atoms with Crippen LogP contribution in [-0.4, -0.2) is 22.1 Å². The van der Waals surface area contributed by atoms with Crippen molar-refractivity contribution < 1.29 is 9.90 Å². The van der Waals surface area contributed by atoms with Gasteiger partial charge in [0.25, 0.3) is 0 Å². The second-order valence-corrected chi connectivity index (χ2v) is 6.60. The fourth-order valence-corrected chi connectivity index (χ4v) is 3.57. The lowest BCUT2D eigenvalue weighted by Gasteiger charge is -2.19. The summed E-state index contributed by atoms with van der Waals surface area (Å²) in [4.78, 5) is 16.1. The van der Waals surface area contributed by atoms with Crippen LogP contribution < -0.4 is 5.32 Å². The molecule has 3 rings (SSSR count). The van der Waals surface area contributed by atoms with Crippen LogP contribution in [0.1, 0.15) is 67.1 Å². The van der Waals surface area contributed by atoms with Gasteiger partial charge in [-0.2, -0.15) is 0 Å². The smallest absolute Gasteiger partial charge is 0.339 e. The predicted molar refractivity (Wildman–Crippen MR) is 82.9 cm³/mol. The van der Waals surface area contributed by atoms with Gasteiger partial charge in [-0.05, 0) is 56.1 Å². The van der Waals surface area contributed by atoms with Gasteiger partial charge in [0.05, 0.1) is 0 Å². The van der Waals surface area contributed by atoms with Gasteiger partial charge in [-0.1, -0.05) is 19.8 Å². The van der Waals surface area contributed by atoms with Crippen molar-refractivity contribution in [2.75, 3.05) is 5.32 Å². The van der Waals surface area contributed by atoms with Gasteiger partial charge >= 0.3 is 5.97 Å². The van der Waals surface area contributed by atoms with Gasteiger partial charge in [-0.15, -0.1) is 0 Å². The lowest BCUT2D eigenvalue weighted by Crippen LogP contribution is -2.21. The van der Waals surface area contributed by atoms with E-state index in [1.165, 1.54) is 19.3 Å². The Balaban J connectivity index is 1.82. The minimum absolute atomic E-state index is 0.341. The van der Waals surface area contributed by atoms with Crippen LogP contribution in [0.15, 0.2) is 6.07 Å². The summed E-state index contributed by atoms with van der Waals surface area (Å²) >= 11 is 0. The Morgan fingerprint density at radius 2 is 2.10 bits per heavy atom. The van der Waals surface area contributed by atoms with Crippen molar-refractivity contribution in [1.82, 2.24) is 4.98 Å². The number of aryl methyl sites for hydroxylation is 2. The van der Waals surface area contributed by atoms with Crippen molar-refractivity contribution in [3.63, 3.8) is 0 Å². The molecule has 4 heteroatoms. The maximum absolute atomic E-state index is 11.5. The topological polar surface area (TPSA) is 62.2 Å². The highest BCUT2D eigenvalue weighted by molar-refractivity contribution is 5.93. The lowest BCUT2D eigenvalue weighted by molar-refractivity contribution is 0.0697. The molecule has 2 N–H and O–H groups in total. The number of carboxylic acids is 1. The summed E-state index contributed by atoms with van der Waals surface area (Å²) < 4.78 is 0. The summed E-state index contributed by atoms with van der Waals surface area (Å²) in [7, 11) is 0. The number of aromatic nitrogens is 1. The van der Waals surface area contributed by atoms with Gasteiger partial charge in [0.15, 0.2) is 0 Å². The van der Waals surface area contributed by atoms with Crippen LogP contribution in [0.4, 0.5) is 5.82 Å². The van der Waals surface area contributed by atoms with E-state index in [-0.39, 0.29) is 0 Å². The SMILES string of the molecule is CC1CCCC(Nc2nc3c(cc2C(=O)O)CCC3)CC1. The molecule has 1 aromatic rings. The molecule has 1 saturated carbocycles. The molecule has 0 spiro atoms. The van der Waals surface area contributed by atoms with Crippen LogP contribution in [-0.2, 0) is 12.8 Å². The van der Waals surface area contributed by atoms with Gasteiger partial charge in [0.1, 0.15) is 11.4 Å². The molecule has 0 aromatic carbocycles. The first kappa shape index (κ1) is 14.4. The highest BCUT2D eigenvalue weighted by atomic mass is 16.4. The van der Waals surface area contributed by atoms with Crippen LogP contribution >= 0.6 is 0 Å². The van der Waals surface area contributed by atoms with E-state index in [2.05, 4.69) is 17.2 Å². The number of carboxylic acid groups (broad SMARTS) is 1. The number of fused-ring (bicyclic) bond motifs is 1. The number of aromatic carboxylic acids is 1. The van der Waals surface area contributed by atoms with Crippen molar-refractivity contribution in [2.24, 2.45) is 5.92 Å². The summed E-state index contributed by atoms with van der Waals surface area (Å²) in [6, 6.07) is 2.19. The number of anilines is 1. The van der Waals surface area contributed by atoms with E-state index in [1.807, 2.05) is 6.07 Å². The van der Waals surface area contributed by atoms with Crippen molar-refractivity contribution in [2.45, 2.75) is 64.3 Å². The summed E-state index contributed by atoms with van der Waals surface area (Å²) in [5, 5.41) is 12.9. The molecule has 0 radical (unpaired) electrons. The van der Waals surface area contributed by atoms with E-state index in [4.69, 9.17) is 0 Å². The van der Waals surface area contributed by atoms with E-state index >= 15 is 0 Å². The highest BCUT2D eigenvalue weighted by Gasteiger charge is 2.23. The molecule has 21 heavy (non-hydrogen) atoms. The average Bonchev–Trinajstić information content (AvgIpc) is 2.81. The molecular weight excluding hydrogens is 264 g/mol. The number of nitrogens with zero attached hydrogens (tertiary/aromatic N) is 1. The zero-order valence-corrected chi connectivity index (χ0v) is 12.7. The van der Waals surface area contributed by atoms with Crippen LogP contribution in [0.25, 0.3) is 0 Å². The molecule has 0 aliphatic heterocycles. The summed E-state index contributed by atoms with van der Waals surface area (Å²) in [6.07, 6.45) is 8.96. The second kappa shape index (κ2) is 6.04. The summed E-state index contributed by atoms with van der Waals surface area (Å²) in [5.74, 6) is 0.494. The summed E-state index contributed by atoms with van der Waals surface area (Å²) in [6.45, 7) is 2.30. The first-order chi connectivity index (χ1) is 10.1. The van der Waals surface area contributed by atoms with Gasteiger partial charge in [0.2, 0.25) is 0 Å². The van der Waals surface area contributed by atoms with E-state index in [0.717, 1.165) is 49.3 Å².